The van der Waals surface area contributed by atoms with Gasteiger partial charge in [-0.2, -0.15) is 0 Å². The van der Waals surface area contributed by atoms with Crippen LogP contribution in [0.3, 0.4) is 0 Å². The van der Waals surface area contributed by atoms with Crippen LogP contribution < -0.4 is 5.56 Å². The molecule has 3 nitrogen and oxygen atoms in total. The van der Waals surface area contributed by atoms with Crippen LogP contribution in [0.15, 0.2) is 47.3 Å². The van der Waals surface area contributed by atoms with E-state index in [1.54, 1.807) is 30.3 Å². The predicted octanol–water partition coefficient (Wildman–Crippen LogP) is 2.24. The third-order valence-electron chi connectivity index (χ3n) is 2.35. The van der Waals surface area contributed by atoms with Crippen molar-refractivity contribution in [1.82, 2.24) is 4.98 Å². The maximum atomic E-state index is 11.2. The largest absolute Gasteiger partial charge is 0.322 e. The number of hydrogen-bond donors (Lipinski definition) is 1. The second-order valence-electron chi connectivity index (χ2n) is 3.57. The molecule has 2 aromatic rings. The number of pyridine rings is 1. The molecule has 80 valence electrons. The maximum Gasteiger partial charge on any atom is 0.248 e. The number of ketones is 1. The number of hydrogen-bond acceptors (Lipinski definition) is 2. The van der Waals surface area contributed by atoms with E-state index < -0.39 is 0 Å². The molecule has 1 N–H and O–H groups in total. The summed E-state index contributed by atoms with van der Waals surface area (Å²) in [4.78, 5) is 25.1. The Morgan fingerprint density at radius 3 is 2.56 bits per heavy atom. The number of aromatic amines is 1. The molecule has 0 bridgehead atoms. The van der Waals surface area contributed by atoms with Gasteiger partial charge in [-0.05, 0) is 24.6 Å². The van der Waals surface area contributed by atoms with Gasteiger partial charge in [0, 0.05) is 17.3 Å². The summed E-state index contributed by atoms with van der Waals surface area (Å²) in [7, 11) is 0. The Kier molecular flexibility index (Phi) is 2.68. The first-order valence-electron chi connectivity index (χ1n) is 4.97. The van der Waals surface area contributed by atoms with Crippen LogP contribution >= 0.6 is 0 Å². The van der Waals surface area contributed by atoms with E-state index in [0.717, 1.165) is 11.3 Å². The number of H-pyrrole nitrogens is 1. The lowest BCUT2D eigenvalue weighted by atomic mass is 10.1. The molecule has 0 saturated carbocycles. The van der Waals surface area contributed by atoms with Crippen LogP contribution in [0.1, 0.15) is 17.3 Å². The average molecular weight is 213 g/mol. The van der Waals surface area contributed by atoms with Gasteiger partial charge in [0.2, 0.25) is 5.56 Å². The molecule has 0 radical (unpaired) electrons. The van der Waals surface area contributed by atoms with Crippen molar-refractivity contribution >= 4 is 5.78 Å². The van der Waals surface area contributed by atoms with Crippen LogP contribution in [0.2, 0.25) is 0 Å². The minimum absolute atomic E-state index is 0.0140. The quantitative estimate of drug-likeness (QED) is 0.778. The van der Waals surface area contributed by atoms with E-state index in [-0.39, 0.29) is 11.3 Å². The summed E-state index contributed by atoms with van der Waals surface area (Å²) >= 11 is 0. The van der Waals surface area contributed by atoms with Gasteiger partial charge < -0.3 is 4.98 Å². The Labute approximate surface area is 92.8 Å². The van der Waals surface area contributed by atoms with Crippen molar-refractivity contribution in [1.29, 1.82) is 0 Å². The first-order valence-corrected chi connectivity index (χ1v) is 4.97. The lowest BCUT2D eigenvalue weighted by molar-refractivity contribution is 0.101. The highest BCUT2D eigenvalue weighted by molar-refractivity contribution is 5.95. The fourth-order valence-corrected chi connectivity index (χ4v) is 1.52. The summed E-state index contributed by atoms with van der Waals surface area (Å²) < 4.78 is 0. The molecule has 1 aromatic carbocycles. The highest BCUT2D eigenvalue weighted by atomic mass is 16.1. The molecule has 0 atom stereocenters. The summed E-state index contributed by atoms with van der Waals surface area (Å²) in [5, 5.41) is 0. The Bertz CT molecular complexity index is 584. The van der Waals surface area contributed by atoms with Gasteiger partial charge in [-0.15, -0.1) is 0 Å². The molecule has 1 aromatic heterocycles. The lowest BCUT2D eigenvalue weighted by Crippen LogP contribution is -2.03. The molecule has 3 heteroatoms. The summed E-state index contributed by atoms with van der Waals surface area (Å²) in [5.41, 5.74) is 2.05. The van der Waals surface area contributed by atoms with Gasteiger partial charge in [-0.25, -0.2) is 0 Å². The first kappa shape index (κ1) is 10.4. The molecule has 0 aliphatic heterocycles. The lowest BCUT2D eigenvalue weighted by Gasteiger charge is -2.02. The number of nitrogens with one attached hydrogen (secondary N) is 1. The van der Waals surface area contributed by atoms with E-state index in [0.29, 0.717) is 5.56 Å². The molecule has 0 unspecified atom stereocenters. The summed E-state index contributed by atoms with van der Waals surface area (Å²) in [6, 6.07) is 12.1. The van der Waals surface area contributed by atoms with Crippen LogP contribution in [0.25, 0.3) is 11.3 Å². The Balaban J connectivity index is 2.52. The Hall–Kier alpha value is -2.16. The van der Waals surface area contributed by atoms with Crippen molar-refractivity contribution < 1.29 is 4.79 Å². The predicted molar refractivity (Wildman–Crippen MR) is 62.5 cm³/mol. The van der Waals surface area contributed by atoms with E-state index in [1.165, 1.54) is 13.0 Å². The van der Waals surface area contributed by atoms with E-state index in [9.17, 15) is 9.59 Å². The first-order chi connectivity index (χ1) is 7.66. The SMILES string of the molecule is CC(=O)c1cccc(-c2cccc(=O)[nH]2)c1. The van der Waals surface area contributed by atoms with Crippen molar-refractivity contribution in [2.45, 2.75) is 6.92 Å². The van der Waals surface area contributed by atoms with E-state index >= 15 is 0 Å². The van der Waals surface area contributed by atoms with Gasteiger partial charge in [0.15, 0.2) is 5.78 Å². The second-order valence-corrected chi connectivity index (χ2v) is 3.57. The van der Waals surface area contributed by atoms with Gasteiger partial charge in [-0.1, -0.05) is 24.3 Å². The average Bonchev–Trinajstić information content (AvgIpc) is 2.29. The topological polar surface area (TPSA) is 49.9 Å². The molecule has 0 fully saturated rings. The zero-order valence-corrected chi connectivity index (χ0v) is 8.86. The molecule has 0 spiro atoms. The Morgan fingerprint density at radius 1 is 1.12 bits per heavy atom. The summed E-state index contributed by atoms with van der Waals surface area (Å²) in [6.45, 7) is 1.52. The van der Waals surface area contributed by atoms with Crippen LogP contribution in [0.4, 0.5) is 0 Å². The van der Waals surface area contributed by atoms with Gasteiger partial charge in [-0.3, -0.25) is 9.59 Å². The molecular weight excluding hydrogens is 202 g/mol. The molecular formula is C13H11NO2. The monoisotopic (exact) mass is 213 g/mol. The molecule has 0 amide bonds. The van der Waals surface area contributed by atoms with E-state index in [4.69, 9.17) is 0 Å². The molecule has 0 saturated heterocycles. The van der Waals surface area contributed by atoms with Crippen molar-refractivity contribution in [2.24, 2.45) is 0 Å². The van der Waals surface area contributed by atoms with Crippen LogP contribution in [-0.2, 0) is 0 Å². The van der Waals surface area contributed by atoms with Crippen LogP contribution in [-0.4, -0.2) is 10.8 Å². The normalized spacial score (nSPS) is 10.1. The van der Waals surface area contributed by atoms with Gasteiger partial charge >= 0.3 is 0 Å². The zero-order chi connectivity index (χ0) is 11.5. The second kappa shape index (κ2) is 4.14. The standard InChI is InChI=1S/C13H11NO2/c1-9(15)10-4-2-5-11(8-10)12-6-3-7-13(16)14-12/h2-8H,1H3,(H,14,16). The number of carbonyl (C=O) groups excluding carboxylic acids is 1. The molecule has 1 heterocycles. The number of aromatic nitrogens is 1. The molecule has 2 rings (SSSR count). The fourth-order valence-electron chi connectivity index (χ4n) is 1.52. The van der Waals surface area contributed by atoms with Crippen molar-refractivity contribution in [3.05, 3.63) is 58.4 Å². The van der Waals surface area contributed by atoms with Crippen LogP contribution in [0, 0.1) is 0 Å². The van der Waals surface area contributed by atoms with Gasteiger partial charge in [0.25, 0.3) is 0 Å². The van der Waals surface area contributed by atoms with Crippen molar-refractivity contribution in [2.75, 3.05) is 0 Å². The van der Waals surface area contributed by atoms with E-state index in [1.807, 2.05) is 6.07 Å². The highest BCUT2D eigenvalue weighted by Crippen LogP contribution is 2.16. The molecule has 16 heavy (non-hydrogen) atoms. The van der Waals surface area contributed by atoms with Gasteiger partial charge in [0.1, 0.15) is 0 Å². The van der Waals surface area contributed by atoms with Crippen molar-refractivity contribution in [3.8, 4) is 11.3 Å². The molecule has 0 aliphatic rings. The minimum Gasteiger partial charge on any atom is -0.322 e. The zero-order valence-electron chi connectivity index (χ0n) is 8.86. The third kappa shape index (κ3) is 2.08. The summed E-state index contributed by atoms with van der Waals surface area (Å²) in [5.74, 6) is 0.0140. The smallest absolute Gasteiger partial charge is 0.248 e. The number of carbonyl (C=O) groups is 1. The minimum atomic E-state index is -0.147. The number of rotatable bonds is 2. The Morgan fingerprint density at radius 2 is 1.88 bits per heavy atom. The van der Waals surface area contributed by atoms with E-state index in [2.05, 4.69) is 4.98 Å². The van der Waals surface area contributed by atoms with Gasteiger partial charge in [0.05, 0.1) is 0 Å². The maximum absolute atomic E-state index is 11.2. The number of Topliss-reactive ketones (excluding diaryl/α,β-unsaturated/α-hetero) is 1. The fraction of sp³-hybridized carbons (Fsp3) is 0.0769. The third-order valence-corrected chi connectivity index (χ3v) is 2.35. The van der Waals surface area contributed by atoms with Crippen molar-refractivity contribution in [3.63, 3.8) is 0 Å². The van der Waals surface area contributed by atoms with Crippen LogP contribution in [0.5, 0.6) is 0 Å². The highest BCUT2D eigenvalue weighted by Gasteiger charge is 2.02. The number of benzene rings is 1. The molecule has 0 aliphatic carbocycles. The summed E-state index contributed by atoms with van der Waals surface area (Å²) in [6.07, 6.45) is 0.